The highest BCUT2D eigenvalue weighted by Gasteiger charge is 2.50. The summed E-state index contributed by atoms with van der Waals surface area (Å²) in [5, 5.41) is 64.2. The highest BCUT2D eigenvalue weighted by Crippen LogP contribution is 2.55. The maximum Gasteiger partial charge on any atom is 0.312 e. The molecule has 1 amide bonds. The number of oxime groups is 1. The van der Waals surface area contributed by atoms with Crippen molar-refractivity contribution in [2.75, 3.05) is 19.0 Å². The van der Waals surface area contributed by atoms with E-state index in [0.29, 0.717) is 0 Å². The van der Waals surface area contributed by atoms with Crippen LogP contribution < -0.4 is 10.1 Å². The molecule has 2 aromatic carbocycles. The molecule has 0 saturated carbocycles. The number of hydrogen-bond donors (Lipinski definition) is 6. The number of rotatable bonds is 10. The molecule has 5 bridgehead atoms. The summed E-state index contributed by atoms with van der Waals surface area (Å²) in [6, 6.07) is 0. The molecule has 2 aromatic rings. The molecule has 9 atom stereocenters. The number of aliphatic hydroxyl groups is 2. The third-order valence-electron chi connectivity index (χ3n) is 11.6. The number of hydrogen-bond acceptors (Lipinski definition) is 14. The number of ether oxygens (including phenoxy) is 4. The van der Waals surface area contributed by atoms with Crippen LogP contribution in [0.15, 0.2) is 41.3 Å². The van der Waals surface area contributed by atoms with Crippen molar-refractivity contribution >= 4 is 40.3 Å². The molecule has 15 heteroatoms. The fraction of sp³-hybridized carbons (Fsp3) is 0.556. The number of ketones is 1. The lowest BCUT2D eigenvalue weighted by Gasteiger charge is -2.38. The van der Waals surface area contributed by atoms with E-state index in [0.717, 1.165) is 38.3 Å². The first-order valence-corrected chi connectivity index (χ1v) is 20.6. The van der Waals surface area contributed by atoms with E-state index in [2.05, 4.69) is 17.4 Å². The number of esters is 1. The quantitative estimate of drug-likeness (QED) is 0.0352. The molecular formula is C45H62N2O13. The first kappa shape index (κ1) is 47.6. The van der Waals surface area contributed by atoms with E-state index in [1.807, 2.05) is 0 Å². The van der Waals surface area contributed by atoms with Crippen molar-refractivity contribution in [2.45, 2.75) is 125 Å². The standard InChI is InChI=1S/C45H62N2O13/c1-11-12-13-14-15-20-58-46-22-30-35-40(53)33-32(39(30)52)34-42(28(7)38(33)51)60-45(9,43(34)54)57-21-19-31(56-10)25(4)41(59-29(8)48)27(6)37(50)26(5)36(49)23(2)17-16-18-24(3)44(55)47-35/h16-19,21-23,25-27,31,36-37,41,49-53H,11-15,20H2,1-10H3,(H,47,55)/b17-16+,21-19+,24-18-,46-22+. The Balaban J connectivity index is 1.92. The number of phenolic OH excluding ortho intramolecular Hbond substituents is 3. The zero-order valence-electron chi connectivity index (χ0n) is 36.3. The average Bonchev–Trinajstić information content (AvgIpc) is 3.47. The molecule has 5 rings (SSSR count). The van der Waals surface area contributed by atoms with Crippen LogP contribution in [0.2, 0.25) is 0 Å². The highest BCUT2D eigenvalue weighted by molar-refractivity contribution is 6.23. The number of aromatic hydroxyl groups is 3. The first-order valence-electron chi connectivity index (χ1n) is 20.6. The van der Waals surface area contributed by atoms with Crippen molar-refractivity contribution in [3.05, 3.63) is 52.8 Å². The largest absolute Gasteiger partial charge is 0.507 e. The molecule has 0 fully saturated rings. The molecule has 0 aliphatic carbocycles. The van der Waals surface area contributed by atoms with Crippen LogP contribution in [0.4, 0.5) is 5.69 Å². The van der Waals surface area contributed by atoms with Gasteiger partial charge in [-0.3, -0.25) is 14.4 Å². The fourth-order valence-electron chi connectivity index (χ4n) is 7.79. The summed E-state index contributed by atoms with van der Waals surface area (Å²) in [7, 11) is 1.43. The number of anilines is 1. The summed E-state index contributed by atoms with van der Waals surface area (Å²) in [4.78, 5) is 45.9. The van der Waals surface area contributed by atoms with Gasteiger partial charge < -0.3 is 54.6 Å². The third kappa shape index (κ3) is 10.1. The Morgan fingerprint density at radius 3 is 2.27 bits per heavy atom. The van der Waals surface area contributed by atoms with Crippen molar-refractivity contribution in [1.29, 1.82) is 0 Å². The van der Waals surface area contributed by atoms with Gasteiger partial charge in [-0.15, -0.1) is 0 Å². The van der Waals surface area contributed by atoms with E-state index in [1.165, 1.54) is 53.2 Å². The molecule has 3 aliphatic rings. The lowest BCUT2D eigenvalue weighted by Crippen LogP contribution is -2.46. The monoisotopic (exact) mass is 838 g/mol. The highest BCUT2D eigenvalue weighted by atomic mass is 16.7. The number of benzene rings is 2. The Kier molecular flexibility index (Phi) is 16.2. The smallest absolute Gasteiger partial charge is 0.312 e. The molecular weight excluding hydrogens is 776 g/mol. The molecule has 3 heterocycles. The van der Waals surface area contributed by atoms with E-state index >= 15 is 0 Å². The van der Waals surface area contributed by atoms with Gasteiger partial charge in [0.15, 0.2) is 5.75 Å². The lowest BCUT2D eigenvalue weighted by molar-refractivity contribution is -0.160. The van der Waals surface area contributed by atoms with Crippen molar-refractivity contribution in [1.82, 2.24) is 0 Å². The third-order valence-corrected chi connectivity index (χ3v) is 11.6. The van der Waals surface area contributed by atoms with Crippen LogP contribution in [0, 0.1) is 30.6 Å². The summed E-state index contributed by atoms with van der Waals surface area (Å²) >= 11 is 0. The van der Waals surface area contributed by atoms with E-state index in [-0.39, 0.29) is 51.1 Å². The van der Waals surface area contributed by atoms with Gasteiger partial charge in [0, 0.05) is 61.2 Å². The number of nitrogens with zero attached hydrogens (tertiary/aromatic N) is 1. The summed E-state index contributed by atoms with van der Waals surface area (Å²) in [6.07, 6.45) is 9.45. The number of amides is 1. The molecule has 6 N–H and O–H groups in total. The molecule has 60 heavy (non-hydrogen) atoms. The van der Waals surface area contributed by atoms with Gasteiger partial charge in [-0.05, 0) is 32.8 Å². The van der Waals surface area contributed by atoms with Crippen molar-refractivity contribution in [3.8, 4) is 23.0 Å². The molecule has 3 aliphatic heterocycles. The number of nitrogens with one attached hydrogen (secondary N) is 1. The predicted molar refractivity (Wildman–Crippen MR) is 226 cm³/mol. The SMILES string of the molecule is CCCCCCCO/N=C/c1c2c(O)c3c(O)c(C)c4c(c3c1O)C(=O)C(C)(O/C=C/C(OC)C(C)C(OC(C)=O)C(C)C(O)C(C)C(O)C(C)/C=C/C=C(/C)C(=O)N2)O4. The van der Waals surface area contributed by atoms with Gasteiger partial charge in [0.1, 0.15) is 30.0 Å². The number of carbonyl (C=O) groups is 3. The van der Waals surface area contributed by atoms with E-state index in [1.54, 1.807) is 39.8 Å². The number of carbonyl (C=O) groups excluding carboxylic acids is 3. The topological polar surface area (TPSA) is 223 Å². The van der Waals surface area contributed by atoms with E-state index in [4.69, 9.17) is 23.8 Å². The lowest BCUT2D eigenvalue weighted by atomic mass is 9.78. The zero-order valence-corrected chi connectivity index (χ0v) is 36.3. The van der Waals surface area contributed by atoms with Crippen LogP contribution in [0.1, 0.15) is 109 Å². The Morgan fingerprint density at radius 1 is 0.933 bits per heavy atom. The number of unbranched alkanes of at least 4 members (excludes halogenated alkanes) is 4. The van der Waals surface area contributed by atoms with E-state index < -0.39 is 88.8 Å². The Morgan fingerprint density at radius 2 is 1.62 bits per heavy atom. The first-order chi connectivity index (χ1) is 28.3. The number of fused-ring (bicyclic) bond motifs is 14. The number of methoxy groups -OCH3 is 1. The maximum atomic E-state index is 14.4. The second-order valence-electron chi connectivity index (χ2n) is 16.1. The minimum absolute atomic E-state index is 0.0411. The Bertz CT molecular complexity index is 2020. The van der Waals surface area contributed by atoms with Gasteiger partial charge in [0.2, 0.25) is 0 Å². The van der Waals surface area contributed by atoms with Crippen LogP contribution in [0.5, 0.6) is 23.0 Å². The van der Waals surface area contributed by atoms with Crippen LogP contribution in [0.3, 0.4) is 0 Å². The fourth-order valence-corrected chi connectivity index (χ4v) is 7.79. The van der Waals surface area contributed by atoms with Crippen LogP contribution in [-0.4, -0.2) is 93.3 Å². The van der Waals surface area contributed by atoms with Crippen LogP contribution >= 0.6 is 0 Å². The molecule has 0 saturated heterocycles. The minimum Gasteiger partial charge on any atom is -0.507 e. The summed E-state index contributed by atoms with van der Waals surface area (Å²) in [5.74, 6) is -8.55. The minimum atomic E-state index is -2.06. The van der Waals surface area contributed by atoms with Crippen molar-refractivity contribution in [3.63, 3.8) is 0 Å². The molecule has 0 aromatic heterocycles. The molecule has 0 radical (unpaired) electrons. The summed E-state index contributed by atoms with van der Waals surface area (Å²) in [6.45, 7) is 14.8. The number of Topliss-reactive ketones (excluding diaryl/α,β-unsaturated/α-hetero) is 1. The average molecular weight is 839 g/mol. The number of aliphatic hydroxyl groups excluding tert-OH is 2. The maximum absolute atomic E-state index is 14.4. The second kappa shape index (κ2) is 20.4. The van der Waals surface area contributed by atoms with Crippen LogP contribution in [-0.2, 0) is 28.6 Å². The van der Waals surface area contributed by atoms with Gasteiger partial charge >= 0.3 is 11.8 Å². The molecule has 0 spiro atoms. The zero-order chi connectivity index (χ0) is 44.6. The molecule has 9 unspecified atom stereocenters. The van der Waals surface area contributed by atoms with Crippen molar-refractivity contribution in [2.24, 2.45) is 28.8 Å². The van der Waals surface area contributed by atoms with E-state index in [9.17, 15) is 39.9 Å². The number of allylic oxidation sites excluding steroid dienone is 2. The second-order valence-corrected chi connectivity index (χ2v) is 16.1. The summed E-state index contributed by atoms with van der Waals surface area (Å²) < 4.78 is 23.5. The van der Waals surface area contributed by atoms with Gasteiger partial charge in [0.05, 0.1) is 53.0 Å². The normalized spacial score (nSPS) is 29.8. The number of phenols is 3. The van der Waals surface area contributed by atoms with Gasteiger partial charge in [-0.1, -0.05) is 77.3 Å². The predicted octanol–water partition coefficient (Wildman–Crippen LogP) is 7.08. The summed E-state index contributed by atoms with van der Waals surface area (Å²) in [5.41, 5.74) is -0.549. The van der Waals surface area contributed by atoms with Crippen LogP contribution in [0.25, 0.3) is 10.8 Å². The van der Waals surface area contributed by atoms with Gasteiger partial charge in [-0.2, -0.15) is 0 Å². The molecule has 330 valence electrons. The molecule has 15 nitrogen and oxygen atoms in total. The van der Waals surface area contributed by atoms with Crippen molar-refractivity contribution < 1.29 is 63.7 Å². The van der Waals surface area contributed by atoms with Gasteiger partial charge in [0.25, 0.3) is 11.7 Å². The Hall–Kier alpha value is -5.12. The Labute approximate surface area is 351 Å². The van der Waals surface area contributed by atoms with Gasteiger partial charge in [-0.25, -0.2) is 0 Å².